The van der Waals surface area contributed by atoms with Gasteiger partial charge in [-0.1, -0.05) is 25.5 Å². The monoisotopic (exact) mass is 489 g/mol. The highest BCUT2D eigenvalue weighted by Crippen LogP contribution is 2.42. The van der Waals surface area contributed by atoms with Gasteiger partial charge in [0.05, 0.1) is 31.0 Å². The van der Waals surface area contributed by atoms with Crippen molar-refractivity contribution in [3.63, 3.8) is 0 Å². The first-order valence-electron chi connectivity index (χ1n) is 12.0. The minimum absolute atomic E-state index is 0.00561. The Labute approximate surface area is 208 Å². The molecule has 36 heavy (non-hydrogen) atoms. The number of carbonyl (C=O) groups is 2. The first kappa shape index (κ1) is 23.5. The van der Waals surface area contributed by atoms with Gasteiger partial charge in [0.1, 0.15) is 30.5 Å². The number of hydrogen-bond donors (Lipinski definition) is 1. The van der Waals surface area contributed by atoms with Gasteiger partial charge >= 0.3 is 0 Å². The number of likely N-dealkylation sites (tertiary alicyclic amines) is 1. The molecule has 3 aromatic rings. The third-order valence-corrected chi connectivity index (χ3v) is 6.20. The summed E-state index contributed by atoms with van der Waals surface area (Å²) in [4.78, 5) is 27.9. The fraction of sp³-hybridized carbons (Fsp3) is 0.286. The number of unbranched alkanes of at least 4 members (excludes halogenated alkanes) is 1. The Morgan fingerprint density at radius 2 is 1.89 bits per heavy atom. The zero-order valence-electron chi connectivity index (χ0n) is 19.9. The summed E-state index contributed by atoms with van der Waals surface area (Å²) < 4.78 is 22.5. The number of nitrogens with zero attached hydrogens (tertiary/aromatic N) is 1. The molecule has 1 saturated heterocycles. The number of fused-ring (bicyclic) bond motifs is 1. The van der Waals surface area contributed by atoms with Gasteiger partial charge in [0.25, 0.3) is 11.7 Å². The zero-order chi connectivity index (χ0) is 25.1. The highest BCUT2D eigenvalue weighted by molar-refractivity contribution is 6.46. The average Bonchev–Trinajstić information content (AvgIpc) is 3.51. The lowest BCUT2D eigenvalue weighted by Crippen LogP contribution is -2.29. The summed E-state index contributed by atoms with van der Waals surface area (Å²) in [5.74, 6) is 0.418. The van der Waals surface area contributed by atoms with Gasteiger partial charge in [-0.15, -0.1) is 0 Å². The Kier molecular flexibility index (Phi) is 6.66. The highest BCUT2D eigenvalue weighted by Gasteiger charge is 2.46. The Hall–Kier alpha value is -4.20. The van der Waals surface area contributed by atoms with E-state index in [9.17, 15) is 14.7 Å². The van der Waals surface area contributed by atoms with Crippen molar-refractivity contribution in [1.82, 2.24) is 4.90 Å². The van der Waals surface area contributed by atoms with E-state index in [1.807, 2.05) is 18.2 Å². The molecule has 2 aromatic carbocycles. The third-order valence-electron chi connectivity index (χ3n) is 6.20. The molecule has 5 rings (SSSR count). The predicted octanol–water partition coefficient (Wildman–Crippen LogP) is 4.85. The largest absolute Gasteiger partial charge is 0.507 e. The molecule has 2 aliphatic heterocycles. The SMILES string of the molecule is CCCCOc1cccc([C@@H]2/C(=C(\O)c3ccc4c(c3)OCCO4)C(=O)C(=O)N2Cc2ccco2)c1. The molecule has 1 atom stereocenters. The Morgan fingerprint density at radius 1 is 1.06 bits per heavy atom. The van der Waals surface area contributed by atoms with Crippen LogP contribution < -0.4 is 14.2 Å². The van der Waals surface area contributed by atoms with Gasteiger partial charge in [-0.25, -0.2) is 0 Å². The number of aliphatic hydroxyl groups is 1. The average molecular weight is 490 g/mol. The number of benzene rings is 2. The Balaban J connectivity index is 1.59. The molecule has 8 nitrogen and oxygen atoms in total. The van der Waals surface area contributed by atoms with Crippen LogP contribution in [0.4, 0.5) is 0 Å². The van der Waals surface area contributed by atoms with Crippen molar-refractivity contribution in [2.75, 3.05) is 19.8 Å². The first-order chi connectivity index (χ1) is 17.6. The van der Waals surface area contributed by atoms with E-state index in [1.165, 1.54) is 11.2 Å². The third kappa shape index (κ3) is 4.54. The molecule has 0 unspecified atom stereocenters. The van der Waals surface area contributed by atoms with Crippen LogP contribution >= 0.6 is 0 Å². The van der Waals surface area contributed by atoms with Gasteiger partial charge in [0.2, 0.25) is 0 Å². The van der Waals surface area contributed by atoms with Crippen LogP contribution in [0.2, 0.25) is 0 Å². The quantitative estimate of drug-likeness (QED) is 0.209. The fourth-order valence-corrected chi connectivity index (χ4v) is 4.42. The van der Waals surface area contributed by atoms with E-state index in [-0.39, 0.29) is 17.9 Å². The molecule has 3 heterocycles. The van der Waals surface area contributed by atoms with E-state index in [4.69, 9.17) is 18.6 Å². The van der Waals surface area contributed by atoms with E-state index in [0.717, 1.165) is 12.8 Å². The molecule has 0 aliphatic carbocycles. The van der Waals surface area contributed by atoms with Crippen LogP contribution in [0.25, 0.3) is 5.76 Å². The van der Waals surface area contributed by atoms with E-state index >= 15 is 0 Å². The van der Waals surface area contributed by atoms with Crippen LogP contribution in [-0.4, -0.2) is 41.5 Å². The molecule has 1 amide bonds. The van der Waals surface area contributed by atoms with Gasteiger partial charge in [0.15, 0.2) is 11.5 Å². The number of carbonyl (C=O) groups excluding carboxylic acids is 2. The molecule has 1 fully saturated rings. The van der Waals surface area contributed by atoms with Crippen LogP contribution in [0, 0.1) is 0 Å². The molecule has 2 aliphatic rings. The summed E-state index contributed by atoms with van der Waals surface area (Å²) in [6, 6.07) is 14.8. The van der Waals surface area contributed by atoms with Crippen molar-refractivity contribution in [2.45, 2.75) is 32.4 Å². The second kappa shape index (κ2) is 10.2. The molecule has 0 radical (unpaired) electrons. The highest BCUT2D eigenvalue weighted by atomic mass is 16.6. The number of Topliss-reactive ketones (excluding diaryl/α,β-unsaturated/α-hetero) is 1. The zero-order valence-corrected chi connectivity index (χ0v) is 19.9. The van der Waals surface area contributed by atoms with Crippen molar-refractivity contribution in [3.05, 3.63) is 83.3 Å². The summed E-state index contributed by atoms with van der Waals surface area (Å²) in [6.07, 6.45) is 3.42. The number of amides is 1. The van der Waals surface area contributed by atoms with Crippen molar-refractivity contribution >= 4 is 17.4 Å². The van der Waals surface area contributed by atoms with E-state index in [0.29, 0.717) is 54.0 Å². The summed E-state index contributed by atoms with van der Waals surface area (Å²) in [7, 11) is 0. The van der Waals surface area contributed by atoms with Gasteiger partial charge in [-0.2, -0.15) is 0 Å². The topological polar surface area (TPSA) is 98.4 Å². The molecule has 0 saturated carbocycles. The van der Waals surface area contributed by atoms with E-state index < -0.39 is 17.7 Å². The van der Waals surface area contributed by atoms with Crippen LogP contribution in [0.5, 0.6) is 17.2 Å². The molecule has 0 bridgehead atoms. The lowest BCUT2D eigenvalue weighted by atomic mass is 9.95. The lowest BCUT2D eigenvalue weighted by molar-refractivity contribution is -0.140. The lowest BCUT2D eigenvalue weighted by Gasteiger charge is -2.25. The second-order valence-corrected chi connectivity index (χ2v) is 8.64. The summed E-state index contributed by atoms with van der Waals surface area (Å²) >= 11 is 0. The molecular weight excluding hydrogens is 462 g/mol. The normalized spacial score (nSPS) is 18.5. The van der Waals surface area contributed by atoms with Gasteiger partial charge in [-0.3, -0.25) is 9.59 Å². The molecule has 8 heteroatoms. The second-order valence-electron chi connectivity index (χ2n) is 8.64. The number of ketones is 1. The van der Waals surface area contributed by atoms with Crippen molar-refractivity contribution in [1.29, 1.82) is 0 Å². The van der Waals surface area contributed by atoms with E-state index in [1.54, 1.807) is 36.4 Å². The van der Waals surface area contributed by atoms with Crippen molar-refractivity contribution in [2.24, 2.45) is 0 Å². The van der Waals surface area contributed by atoms with Crippen molar-refractivity contribution in [3.8, 4) is 17.2 Å². The maximum Gasteiger partial charge on any atom is 0.296 e. The predicted molar refractivity (Wildman–Crippen MR) is 131 cm³/mol. The fourth-order valence-electron chi connectivity index (χ4n) is 4.42. The molecule has 1 aromatic heterocycles. The standard InChI is InChI=1S/C28H27NO7/c1-2-3-11-33-20-7-4-6-18(15-20)25-24(27(31)28(32)29(25)17-21-8-5-12-34-21)26(30)19-9-10-22-23(16-19)36-14-13-35-22/h4-10,12,15-16,25,30H,2-3,11,13-14,17H2,1H3/b26-24+/t25-/m1/s1. The minimum Gasteiger partial charge on any atom is -0.507 e. The van der Waals surface area contributed by atoms with Gasteiger partial charge < -0.3 is 28.6 Å². The van der Waals surface area contributed by atoms with Gasteiger partial charge in [0, 0.05) is 5.56 Å². The van der Waals surface area contributed by atoms with Crippen LogP contribution in [0.3, 0.4) is 0 Å². The van der Waals surface area contributed by atoms with E-state index in [2.05, 4.69) is 6.92 Å². The van der Waals surface area contributed by atoms with Crippen molar-refractivity contribution < 1.29 is 33.3 Å². The van der Waals surface area contributed by atoms with Crippen LogP contribution in [0.15, 0.2) is 70.9 Å². The smallest absolute Gasteiger partial charge is 0.296 e. The number of furan rings is 1. The minimum atomic E-state index is -0.835. The maximum absolute atomic E-state index is 13.3. The summed E-state index contributed by atoms with van der Waals surface area (Å²) in [5, 5.41) is 11.4. The molecular formula is C28H27NO7. The Bertz CT molecular complexity index is 1290. The van der Waals surface area contributed by atoms with Gasteiger partial charge in [-0.05, 0) is 54.4 Å². The first-order valence-corrected chi connectivity index (χ1v) is 12.0. The molecule has 186 valence electrons. The van der Waals surface area contributed by atoms with Crippen LogP contribution in [0.1, 0.15) is 42.7 Å². The number of rotatable bonds is 8. The summed E-state index contributed by atoms with van der Waals surface area (Å²) in [5.41, 5.74) is 0.999. The molecule has 0 spiro atoms. The molecule has 1 N–H and O–H groups in total. The number of hydrogen-bond acceptors (Lipinski definition) is 7. The number of aliphatic hydroxyl groups excluding tert-OH is 1. The Morgan fingerprint density at radius 3 is 2.67 bits per heavy atom. The summed E-state index contributed by atoms with van der Waals surface area (Å²) in [6.45, 7) is 3.53. The van der Waals surface area contributed by atoms with Crippen LogP contribution in [-0.2, 0) is 16.1 Å². The maximum atomic E-state index is 13.3. The number of ether oxygens (including phenoxy) is 3.